The van der Waals surface area contributed by atoms with Crippen LogP contribution in [0.2, 0.25) is 0 Å². The molecule has 8 heteroatoms. The van der Waals surface area contributed by atoms with E-state index in [1.807, 2.05) is 29.2 Å². The van der Waals surface area contributed by atoms with E-state index in [0.717, 1.165) is 55.7 Å². The zero-order valence-electron chi connectivity index (χ0n) is 18.3. The Morgan fingerprint density at radius 1 is 0.968 bits per heavy atom. The summed E-state index contributed by atoms with van der Waals surface area (Å²) >= 11 is 0. The highest BCUT2D eigenvalue weighted by molar-refractivity contribution is 5.89. The molecule has 3 heterocycles. The number of hydrogen-bond acceptors (Lipinski definition) is 6. The molecule has 0 bridgehead atoms. The Labute approximate surface area is 183 Å². The van der Waals surface area contributed by atoms with Gasteiger partial charge in [0.25, 0.3) is 0 Å². The first-order valence-electron chi connectivity index (χ1n) is 10.9. The molecule has 1 aromatic carbocycles. The van der Waals surface area contributed by atoms with Crippen LogP contribution in [-0.2, 0) is 6.54 Å². The van der Waals surface area contributed by atoms with Gasteiger partial charge in [-0.3, -0.25) is 4.90 Å². The highest BCUT2D eigenvalue weighted by Gasteiger charge is 2.22. The predicted molar refractivity (Wildman–Crippen MR) is 121 cm³/mol. The van der Waals surface area contributed by atoms with E-state index in [1.165, 1.54) is 18.4 Å². The van der Waals surface area contributed by atoms with Crippen molar-refractivity contribution >= 4 is 17.5 Å². The number of ether oxygens (including phenoxy) is 2. The van der Waals surface area contributed by atoms with Crippen LogP contribution in [0.5, 0.6) is 11.5 Å². The number of amides is 2. The fraction of sp³-hybridized carbons (Fsp3) is 0.478. The number of pyridine rings is 1. The number of piperazine rings is 1. The lowest BCUT2D eigenvalue weighted by atomic mass is 10.1. The maximum atomic E-state index is 12.7. The van der Waals surface area contributed by atoms with E-state index in [2.05, 4.69) is 26.2 Å². The molecule has 0 atom stereocenters. The minimum atomic E-state index is -0.0681. The number of nitrogens with zero attached hydrogens (tertiary/aromatic N) is 4. The monoisotopic (exact) mass is 425 g/mol. The van der Waals surface area contributed by atoms with Crippen molar-refractivity contribution in [3.8, 4) is 11.5 Å². The van der Waals surface area contributed by atoms with Crippen LogP contribution in [0.15, 0.2) is 36.5 Å². The van der Waals surface area contributed by atoms with Crippen molar-refractivity contribution in [3.63, 3.8) is 0 Å². The topological polar surface area (TPSA) is 70.2 Å². The molecule has 1 N–H and O–H groups in total. The van der Waals surface area contributed by atoms with E-state index in [4.69, 9.17) is 9.47 Å². The summed E-state index contributed by atoms with van der Waals surface area (Å²) in [5, 5.41) is 2.98. The number of anilines is 2. The number of rotatable bonds is 6. The molecule has 1 aromatic heterocycles. The second-order valence-corrected chi connectivity index (χ2v) is 7.98. The SMILES string of the molecule is COc1ccc(CN2CCN(C(=O)Nc3ccc(N4CCCC4)nc3)CC2)cc1OC. The number of benzene rings is 1. The molecule has 4 rings (SSSR count). The Kier molecular flexibility index (Phi) is 6.76. The van der Waals surface area contributed by atoms with Gasteiger partial charge in [0.1, 0.15) is 5.82 Å². The molecule has 31 heavy (non-hydrogen) atoms. The van der Waals surface area contributed by atoms with Gasteiger partial charge < -0.3 is 24.6 Å². The first-order chi connectivity index (χ1) is 15.2. The Hall–Kier alpha value is -3.00. The molecule has 2 aliphatic heterocycles. The van der Waals surface area contributed by atoms with Crippen molar-refractivity contribution in [2.75, 3.05) is 63.7 Å². The fourth-order valence-corrected chi connectivity index (χ4v) is 4.14. The van der Waals surface area contributed by atoms with Crippen molar-refractivity contribution in [2.45, 2.75) is 19.4 Å². The Morgan fingerprint density at radius 2 is 1.71 bits per heavy atom. The Bertz CT molecular complexity index is 875. The molecule has 2 fully saturated rings. The first kappa shape index (κ1) is 21.2. The summed E-state index contributed by atoms with van der Waals surface area (Å²) in [6.45, 7) is 5.98. The molecule has 0 radical (unpaired) electrons. The maximum Gasteiger partial charge on any atom is 0.321 e. The van der Waals surface area contributed by atoms with Crippen molar-refractivity contribution in [1.29, 1.82) is 0 Å². The highest BCUT2D eigenvalue weighted by Crippen LogP contribution is 2.28. The summed E-state index contributed by atoms with van der Waals surface area (Å²) in [5.41, 5.74) is 1.90. The Balaban J connectivity index is 1.26. The number of carbonyl (C=O) groups excluding carboxylic acids is 1. The number of aromatic nitrogens is 1. The Morgan fingerprint density at radius 3 is 2.35 bits per heavy atom. The van der Waals surface area contributed by atoms with E-state index in [9.17, 15) is 4.79 Å². The fourth-order valence-electron chi connectivity index (χ4n) is 4.14. The summed E-state index contributed by atoms with van der Waals surface area (Å²) in [6.07, 6.45) is 4.19. The van der Waals surface area contributed by atoms with Crippen molar-refractivity contribution < 1.29 is 14.3 Å². The molecule has 2 saturated heterocycles. The van der Waals surface area contributed by atoms with Crippen LogP contribution in [0.4, 0.5) is 16.3 Å². The maximum absolute atomic E-state index is 12.7. The van der Waals surface area contributed by atoms with E-state index < -0.39 is 0 Å². The summed E-state index contributed by atoms with van der Waals surface area (Å²) in [5.74, 6) is 2.46. The molecule has 166 valence electrons. The first-order valence-corrected chi connectivity index (χ1v) is 10.9. The van der Waals surface area contributed by atoms with Crippen LogP contribution in [0.25, 0.3) is 0 Å². The van der Waals surface area contributed by atoms with Gasteiger partial charge in [0.05, 0.1) is 26.1 Å². The minimum absolute atomic E-state index is 0.0681. The third-order valence-corrected chi connectivity index (χ3v) is 5.94. The third kappa shape index (κ3) is 5.19. The van der Waals surface area contributed by atoms with Gasteiger partial charge in [-0.15, -0.1) is 0 Å². The molecule has 0 spiro atoms. The average Bonchev–Trinajstić information content (AvgIpc) is 3.35. The van der Waals surface area contributed by atoms with Gasteiger partial charge >= 0.3 is 6.03 Å². The van der Waals surface area contributed by atoms with Crippen molar-refractivity contribution in [2.24, 2.45) is 0 Å². The molecular weight excluding hydrogens is 394 g/mol. The lowest BCUT2D eigenvalue weighted by Gasteiger charge is -2.34. The second-order valence-electron chi connectivity index (χ2n) is 7.98. The zero-order valence-corrected chi connectivity index (χ0v) is 18.3. The summed E-state index contributed by atoms with van der Waals surface area (Å²) in [7, 11) is 3.29. The van der Waals surface area contributed by atoms with Gasteiger partial charge in [-0.2, -0.15) is 0 Å². The molecular formula is C23H31N5O3. The predicted octanol–water partition coefficient (Wildman–Crippen LogP) is 3.05. The smallest absolute Gasteiger partial charge is 0.321 e. The van der Waals surface area contributed by atoms with Crippen LogP contribution < -0.4 is 19.7 Å². The van der Waals surface area contributed by atoms with Crippen LogP contribution >= 0.6 is 0 Å². The van der Waals surface area contributed by atoms with Gasteiger partial charge in [0, 0.05) is 45.8 Å². The number of urea groups is 1. The lowest BCUT2D eigenvalue weighted by molar-refractivity contribution is 0.143. The number of carbonyl (C=O) groups is 1. The van der Waals surface area contributed by atoms with E-state index in [1.54, 1.807) is 20.4 Å². The van der Waals surface area contributed by atoms with Crippen LogP contribution in [0, 0.1) is 0 Å². The van der Waals surface area contributed by atoms with E-state index >= 15 is 0 Å². The van der Waals surface area contributed by atoms with Crippen LogP contribution in [-0.4, -0.2) is 74.3 Å². The van der Waals surface area contributed by atoms with Gasteiger partial charge in [0.2, 0.25) is 0 Å². The van der Waals surface area contributed by atoms with Gasteiger partial charge in [0.15, 0.2) is 11.5 Å². The highest BCUT2D eigenvalue weighted by atomic mass is 16.5. The number of methoxy groups -OCH3 is 2. The average molecular weight is 426 g/mol. The van der Waals surface area contributed by atoms with Gasteiger partial charge in [-0.05, 0) is 42.7 Å². The summed E-state index contributed by atoms with van der Waals surface area (Å²) in [4.78, 5) is 23.7. The van der Waals surface area contributed by atoms with Crippen LogP contribution in [0.1, 0.15) is 18.4 Å². The van der Waals surface area contributed by atoms with Crippen molar-refractivity contribution in [1.82, 2.24) is 14.8 Å². The third-order valence-electron chi connectivity index (χ3n) is 5.94. The molecule has 2 aromatic rings. The lowest BCUT2D eigenvalue weighted by Crippen LogP contribution is -2.49. The minimum Gasteiger partial charge on any atom is -0.493 e. The quantitative estimate of drug-likeness (QED) is 0.767. The van der Waals surface area contributed by atoms with E-state index in [0.29, 0.717) is 13.1 Å². The number of nitrogens with one attached hydrogen (secondary N) is 1. The molecule has 2 aliphatic rings. The summed E-state index contributed by atoms with van der Waals surface area (Å²) in [6, 6.07) is 9.85. The molecule has 0 aliphatic carbocycles. The molecule has 0 unspecified atom stereocenters. The van der Waals surface area contributed by atoms with Gasteiger partial charge in [-0.25, -0.2) is 9.78 Å². The zero-order chi connectivity index (χ0) is 21.6. The molecule has 0 saturated carbocycles. The molecule has 8 nitrogen and oxygen atoms in total. The van der Waals surface area contributed by atoms with Gasteiger partial charge in [-0.1, -0.05) is 6.07 Å². The van der Waals surface area contributed by atoms with E-state index in [-0.39, 0.29) is 6.03 Å². The standard InChI is InChI=1S/C23H31N5O3/c1-30-20-7-5-18(15-21(20)31-2)17-26-11-13-28(14-12-26)23(29)25-19-6-8-22(24-16-19)27-9-3-4-10-27/h5-8,15-16H,3-4,9-14,17H2,1-2H3,(H,25,29). The van der Waals surface area contributed by atoms with Crippen LogP contribution in [0.3, 0.4) is 0 Å². The molecule has 2 amide bonds. The second kappa shape index (κ2) is 9.87. The normalized spacial score (nSPS) is 17.0. The largest absolute Gasteiger partial charge is 0.493 e. The summed E-state index contributed by atoms with van der Waals surface area (Å²) < 4.78 is 10.7. The van der Waals surface area contributed by atoms with Crippen molar-refractivity contribution in [3.05, 3.63) is 42.1 Å². The number of hydrogen-bond donors (Lipinski definition) is 1.